The first kappa shape index (κ1) is 12.2. The van der Waals surface area contributed by atoms with E-state index >= 15 is 0 Å². The van der Waals surface area contributed by atoms with E-state index in [2.05, 4.69) is 21.0 Å². The highest BCUT2D eigenvalue weighted by molar-refractivity contribution is 5.85. The highest BCUT2D eigenvalue weighted by Crippen LogP contribution is 2.01. The first-order valence-electron chi connectivity index (χ1n) is 4.61. The maximum absolute atomic E-state index is 10.5. The molecule has 0 aromatic rings. The summed E-state index contributed by atoms with van der Waals surface area (Å²) in [7, 11) is 4.29. The molecule has 76 valence electrons. The number of hydrogen-bond donors (Lipinski definition) is 1. The van der Waals surface area contributed by atoms with Gasteiger partial charge >= 0.3 is 5.97 Å². The summed E-state index contributed by atoms with van der Waals surface area (Å²) in [5.41, 5.74) is 0.441. The summed E-state index contributed by atoms with van der Waals surface area (Å²) in [5, 5.41) is 8.60. The predicted molar refractivity (Wildman–Crippen MR) is 53.5 cm³/mol. The van der Waals surface area contributed by atoms with Crippen molar-refractivity contribution in [2.45, 2.75) is 20.3 Å². The van der Waals surface area contributed by atoms with Gasteiger partial charge in [-0.2, -0.15) is 0 Å². The number of hydrogen-bond acceptors (Lipinski definition) is 1. The van der Waals surface area contributed by atoms with Crippen molar-refractivity contribution >= 4 is 5.97 Å². The fourth-order valence-electron chi connectivity index (χ4n) is 0.876. The van der Waals surface area contributed by atoms with Gasteiger partial charge in [-0.15, -0.1) is 0 Å². The second-order valence-corrected chi connectivity index (χ2v) is 3.96. The molecule has 0 rings (SSSR count). The molecular formula is C10H20NO2+. The van der Waals surface area contributed by atoms with Crippen molar-refractivity contribution in [1.29, 1.82) is 0 Å². The van der Waals surface area contributed by atoms with Crippen LogP contribution in [0.2, 0.25) is 0 Å². The van der Waals surface area contributed by atoms with Crippen LogP contribution in [0.3, 0.4) is 0 Å². The van der Waals surface area contributed by atoms with E-state index in [-0.39, 0.29) is 0 Å². The van der Waals surface area contributed by atoms with Crippen molar-refractivity contribution in [3.8, 4) is 0 Å². The molecule has 0 saturated heterocycles. The lowest BCUT2D eigenvalue weighted by atomic mass is 10.2. The van der Waals surface area contributed by atoms with Crippen LogP contribution in [0.4, 0.5) is 0 Å². The van der Waals surface area contributed by atoms with Crippen molar-refractivity contribution in [2.75, 3.05) is 27.2 Å². The molecule has 0 spiro atoms. The highest BCUT2D eigenvalue weighted by atomic mass is 16.4. The van der Waals surface area contributed by atoms with Crippen LogP contribution < -0.4 is 0 Å². The zero-order valence-electron chi connectivity index (χ0n) is 9.00. The maximum atomic E-state index is 10.5. The fraction of sp³-hybridized carbons (Fsp3) is 0.700. The smallest absolute Gasteiger partial charge is 0.330 e. The van der Waals surface area contributed by atoms with Crippen LogP contribution in [0.15, 0.2) is 11.6 Å². The zero-order valence-corrected chi connectivity index (χ0v) is 9.00. The third kappa shape index (κ3) is 5.42. The Labute approximate surface area is 80.3 Å². The van der Waals surface area contributed by atoms with Crippen LogP contribution in [0.25, 0.3) is 0 Å². The molecular weight excluding hydrogens is 166 g/mol. The molecule has 0 aliphatic carbocycles. The summed E-state index contributed by atoms with van der Waals surface area (Å²) in [6, 6.07) is 0. The van der Waals surface area contributed by atoms with Gasteiger partial charge in [-0.05, 0) is 13.8 Å². The van der Waals surface area contributed by atoms with Gasteiger partial charge < -0.3 is 9.59 Å². The molecule has 0 bridgehead atoms. The van der Waals surface area contributed by atoms with Crippen LogP contribution in [0.5, 0.6) is 0 Å². The molecule has 0 aliphatic heterocycles. The van der Waals surface area contributed by atoms with E-state index in [0.717, 1.165) is 24.0 Å². The quantitative estimate of drug-likeness (QED) is 0.522. The second kappa shape index (κ2) is 5.02. The van der Waals surface area contributed by atoms with Gasteiger partial charge in [-0.1, -0.05) is 6.08 Å². The topological polar surface area (TPSA) is 37.3 Å². The van der Waals surface area contributed by atoms with Crippen molar-refractivity contribution in [2.24, 2.45) is 0 Å². The van der Waals surface area contributed by atoms with Crippen molar-refractivity contribution in [3.63, 3.8) is 0 Å². The van der Waals surface area contributed by atoms with Gasteiger partial charge in [0.05, 0.1) is 27.2 Å². The number of rotatable bonds is 5. The molecule has 1 N–H and O–H groups in total. The van der Waals surface area contributed by atoms with Gasteiger partial charge in [0.2, 0.25) is 0 Å². The minimum absolute atomic E-state index is 0.441. The monoisotopic (exact) mass is 186 g/mol. The lowest BCUT2D eigenvalue weighted by molar-refractivity contribution is -0.888. The van der Waals surface area contributed by atoms with E-state index in [1.54, 1.807) is 13.0 Å². The fourth-order valence-corrected chi connectivity index (χ4v) is 0.876. The summed E-state index contributed by atoms with van der Waals surface area (Å²) in [4.78, 5) is 10.5. The first-order valence-corrected chi connectivity index (χ1v) is 4.61. The lowest BCUT2D eigenvalue weighted by Gasteiger charge is -2.27. The third-order valence-electron chi connectivity index (χ3n) is 2.38. The highest BCUT2D eigenvalue weighted by Gasteiger charge is 2.10. The normalized spacial score (nSPS) is 13.1. The third-order valence-corrected chi connectivity index (χ3v) is 2.38. The van der Waals surface area contributed by atoms with Gasteiger partial charge in [0.1, 0.15) is 0 Å². The van der Waals surface area contributed by atoms with E-state index in [0.29, 0.717) is 5.57 Å². The largest absolute Gasteiger partial charge is 0.478 e. The molecule has 0 amide bonds. The molecule has 0 radical (unpaired) electrons. The molecule has 0 fully saturated rings. The van der Waals surface area contributed by atoms with Crippen molar-refractivity contribution in [3.05, 3.63) is 11.6 Å². The molecule has 0 heterocycles. The molecule has 0 aliphatic rings. The van der Waals surface area contributed by atoms with E-state index < -0.39 is 5.97 Å². The van der Waals surface area contributed by atoms with Gasteiger partial charge in [0.15, 0.2) is 0 Å². The number of carbonyl (C=O) groups is 1. The zero-order chi connectivity index (χ0) is 10.5. The Morgan fingerprint density at radius 3 is 2.38 bits per heavy atom. The minimum Gasteiger partial charge on any atom is -0.478 e. The van der Waals surface area contributed by atoms with Crippen LogP contribution in [-0.4, -0.2) is 42.7 Å². The molecule has 0 aromatic carbocycles. The summed E-state index contributed by atoms with van der Waals surface area (Å²) in [6.45, 7) is 5.82. The molecule has 3 heteroatoms. The number of nitrogens with zero attached hydrogens (tertiary/aromatic N) is 1. The van der Waals surface area contributed by atoms with Gasteiger partial charge in [-0.25, -0.2) is 4.79 Å². The Kier molecular flexibility index (Phi) is 4.70. The Morgan fingerprint density at radius 2 is 2.00 bits per heavy atom. The summed E-state index contributed by atoms with van der Waals surface area (Å²) in [6.07, 6.45) is 2.62. The maximum Gasteiger partial charge on any atom is 0.330 e. The van der Waals surface area contributed by atoms with E-state index in [9.17, 15) is 4.79 Å². The summed E-state index contributed by atoms with van der Waals surface area (Å²) in [5.74, 6) is -0.818. The van der Waals surface area contributed by atoms with Crippen LogP contribution in [0, 0.1) is 0 Å². The van der Waals surface area contributed by atoms with Crippen molar-refractivity contribution < 1.29 is 14.4 Å². The van der Waals surface area contributed by atoms with E-state index in [4.69, 9.17) is 5.11 Å². The van der Waals surface area contributed by atoms with Crippen molar-refractivity contribution in [1.82, 2.24) is 0 Å². The summed E-state index contributed by atoms with van der Waals surface area (Å²) < 4.78 is 0.934. The Bertz CT molecular complexity index is 207. The summed E-state index contributed by atoms with van der Waals surface area (Å²) >= 11 is 0. The second-order valence-electron chi connectivity index (χ2n) is 3.96. The lowest BCUT2D eigenvalue weighted by Crippen LogP contribution is -2.39. The van der Waals surface area contributed by atoms with Gasteiger partial charge in [0.25, 0.3) is 0 Å². The molecule has 0 saturated carbocycles. The predicted octanol–water partition coefficient (Wildman–Crippen LogP) is 1.50. The van der Waals surface area contributed by atoms with E-state index in [1.807, 2.05) is 0 Å². The number of carboxylic acid groups (broad SMARTS) is 1. The van der Waals surface area contributed by atoms with Gasteiger partial charge in [0, 0.05) is 12.0 Å². The van der Waals surface area contributed by atoms with Crippen LogP contribution in [-0.2, 0) is 4.79 Å². The Morgan fingerprint density at radius 1 is 1.46 bits per heavy atom. The minimum atomic E-state index is -0.818. The number of carboxylic acids is 1. The van der Waals surface area contributed by atoms with Crippen LogP contribution >= 0.6 is 0 Å². The molecule has 0 atom stereocenters. The Balaban J connectivity index is 3.92. The SMILES string of the molecule is CC[N+](C)(C)CCC=C(C)C(=O)O. The number of quaternary nitrogens is 1. The molecule has 0 unspecified atom stereocenters. The first-order chi connectivity index (χ1) is 5.89. The van der Waals surface area contributed by atoms with E-state index in [1.165, 1.54) is 0 Å². The number of aliphatic carboxylic acids is 1. The van der Waals surface area contributed by atoms with Crippen LogP contribution in [0.1, 0.15) is 20.3 Å². The average Bonchev–Trinajstić information content (AvgIpc) is 2.04. The average molecular weight is 186 g/mol. The molecule has 13 heavy (non-hydrogen) atoms. The Hall–Kier alpha value is -0.830. The molecule has 3 nitrogen and oxygen atoms in total. The molecule has 0 aromatic heterocycles. The van der Waals surface area contributed by atoms with Gasteiger partial charge in [-0.3, -0.25) is 0 Å². The standard InChI is InChI=1S/C10H19NO2/c1-5-11(3,4)8-6-7-9(2)10(12)13/h7H,5-6,8H2,1-4H3/p+1.